The average molecular weight is 386 g/mol. The molecule has 2 atom stereocenters. The van der Waals surface area contributed by atoms with E-state index in [1.165, 1.54) is 16.5 Å². The first kappa shape index (κ1) is 21.0. The first-order valence-corrected chi connectivity index (χ1v) is 9.02. The molecule has 3 aromatic rings. The molecule has 0 saturated carbocycles. The molecule has 0 radical (unpaired) electrons. The second-order valence-electron chi connectivity index (χ2n) is 7.84. The predicted octanol–water partition coefficient (Wildman–Crippen LogP) is 4.21. The normalized spacial score (nSPS) is 13.6. The maximum Gasteiger partial charge on any atom is 0.237 e. The van der Waals surface area contributed by atoms with Gasteiger partial charge in [0, 0.05) is 29.6 Å². The summed E-state index contributed by atoms with van der Waals surface area (Å²) in [5.74, 6) is -0.0539. The largest absolute Gasteiger partial charge is 0.361 e. The topological polar surface area (TPSA) is 70.9 Å². The third kappa shape index (κ3) is 4.71. The Morgan fingerprint density at radius 1 is 1.07 bits per heavy atom. The van der Waals surface area contributed by atoms with Crippen molar-refractivity contribution in [1.29, 1.82) is 0 Å². The van der Waals surface area contributed by atoms with Crippen LogP contribution in [0.2, 0.25) is 0 Å². The molecule has 4 nitrogen and oxygen atoms in total. The first-order valence-electron chi connectivity index (χ1n) is 9.02. The molecule has 0 bridgehead atoms. The number of amides is 1. The van der Waals surface area contributed by atoms with Gasteiger partial charge in [0.1, 0.15) is 0 Å². The van der Waals surface area contributed by atoms with Gasteiger partial charge in [-0.05, 0) is 22.6 Å². The van der Waals surface area contributed by atoms with Gasteiger partial charge in [0.15, 0.2) is 0 Å². The quantitative estimate of drug-likeness (QED) is 0.615. The van der Waals surface area contributed by atoms with Crippen molar-refractivity contribution in [2.24, 2.45) is 11.1 Å². The number of fused-ring (bicyclic) bond motifs is 1. The van der Waals surface area contributed by atoms with Crippen LogP contribution in [0.15, 0.2) is 60.8 Å². The van der Waals surface area contributed by atoms with E-state index in [0.29, 0.717) is 6.54 Å². The molecule has 1 heterocycles. The average Bonchev–Trinajstić information content (AvgIpc) is 3.05. The standard InChI is InChI=1S/C22H27N3O.ClH/c1-22(2,3)20(23)21(26)25-13-17(15-9-5-4-6-10-15)18-14-24-19-12-8-7-11-16(18)19;/h4-12,14,17,20,24H,13,23H2,1-3H3,(H,25,26);1H/t17?,20-;/m1./s1. The minimum atomic E-state index is -0.540. The van der Waals surface area contributed by atoms with Gasteiger partial charge in [-0.15, -0.1) is 12.4 Å². The Balaban J connectivity index is 0.00000261. The molecule has 2 aromatic carbocycles. The van der Waals surface area contributed by atoms with E-state index in [1.54, 1.807) is 0 Å². The van der Waals surface area contributed by atoms with Crippen LogP contribution in [0.3, 0.4) is 0 Å². The molecule has 0 aliphatic carbocycles. The third-order valence-corrected chi connectivity index (χ3v) is 4.89. The highest BCUT2D eigenvalue weighted by molar-refractivity contribution is 5.85. The number of aromatic amines is 1. The fourth-order valence-corrected chi connectivity index (χ4v) is 3.18. The van der Waals surface area contributed by atoms with Crippen LogP contribution in [0.25, 0.3) is 10.9 Å². The SMILES string of the molecule is CC(C)(C)[C@H](N)C(=O)NCC(c1ccccc1)c1c[nH]c2ccccc12.Cl. The predicted molar refractivity (Wildman–Crippen MR) is 114 cm³/mol. The van der Waals surface area contributed by atoms with Crippen molar-refractivity contribution in [1.82, 2.24) is 10.3 Å². The van der Waals surface area contributed by atoms with Crippen molar-refractivity contribution in [3.63, 3.8) is 0 Å². The summed E-state index contributed by atoms with van der Waals surface area (Å²) in [6, 6.07) is 17.9. The van der Waals surface area contributed by atoms with E-state index in [4.69, 9.17) is 5.73 Å². The van der Waals surface area contributed by atoms with E-state index in [2.05, 4.69) is 34.6 Å². The number of carbonyl (C=O) groups is 1. The van der Waals surface area contributed by atoms with Crippen LogP contribution < -0.4 is 11.1 Å². The van der Waals surface area contributed by atoms with Crippen molar-refractivity contribution < 1.29 is 4.79 Å². The smallest absolute Gasteiger partial charge is 0.237 e. The number of nitrogens with one attached hydrogen (secondary N) is 2. The number of para-hydroxylation sites is 1. The Kier molecular flexibility index (Phi) is 6.68. The summed E-state index contributed by atoms with van der Waals surface area (Å²) >= 11 is 0. The maximum absolute atomic E-state index is 12.5. The van der Waals surface area contributed by atoms with Crippen molar-refractivity contribution in [2.75, 3.05) is 6.54 Å². The molecule has 0 spiro atoms. The highest BCUT2D eigenvalue weighted by Crippen LogP contribution is 2.30. The van der Waals surface area contributed by atoms with E-state index in [1.807, 2.05) is 57.3 Å². The Morgan fingerprint density at radius 3 is 2.37 bits per heavy atom. The fourth-order valence-electron chi connectivity index (χ4n) is 3.18. The lowest BCUT2D eigenvalue weighted by Gasteiger charge is -2.27. The Morgan fingerprint density at radius 2 is 1.70 bits per heavy atom. The lowest BCUT2D eigenvalue weighted by atomic mass is 9.86. The van der Waals surface area contributed by atoms with Gasteiger partial charge in [-0.1, -0.05) is 69.3 Å². The van der Waals surface area contributed by atoms with Gasteiger partial charge in [0.25, 0.3) is 0 Å². The summed E-state index contributed by atoms with van der Waals surface area (Å²) in [5, 5.41) is 4.24. The molecule has 0 saturated heterocycles. The van der Waals surface area contributed by atoms with Gasteiger partial charge in [0.05, 0.1) is 6.04 Å². The summed E-state index contributed by atoms with van der Waals surface area (Å²) in [6.07, 6.45) is 2.04. The summed E-state index contributed by atoms with van der Waals surface area (Å²) in [5.41, 5.74) is 9.28. The number of hydrogen-bond donors (Lipinski definition) is 3. The molecule has 4 N–H and O–H groups in total. The third-order valence-electron chi connectivity index (χ3n) is 4.89. The summed E-state index contributed by atoms with van der Waals surface area (Å²) in [6.45, 7) is 6.44. The monoisotopic (exact) mass is 385 g/mol. The molecule has 3 rings (SSSR count). The number of aromatic nitrogens is 1. The Bertz CT molecular complexity index is 883. The Labute approximate surface area is 167 Å². The molecule has 5 heteroatoms. The van der Waals surface area contributed by atoms with Crippen LogP contribution in [0.5, 0.6) is 0 Å². The number of carbonyl (C=O) groups excluding carboxylic acids is 1. The van der Waals surface area contributed by atoms with Crippen molar-refractivity contribution in [3.8, 4) is 0 Å². The molecule has 1 unspecified atom stereocenters. The van der Waals surface area contributed by atoms with Gasteiger partial charge < -0.3 is 16.0 Å². The number of hydrogen-bond acceptors (Lipinski definition) is 2. The molecular weight excluding hydrogens is 358 g/mol. The molecule has 1 aromatic heterocycles. The van der Waals surface area contributed by atoms with Gasteiger partial charge in [0.2, 0.25) is 5.91 Å². The fraction of sp³-hybridized carbons (Fsp3) is 0.318. The number of nitrogens with two attached hydrogens (primary N) is 1. The van der Waals surface area contributed by atoms with Crippen LogP contribution in [0.1, 0.15) is 37.8 Å². The molecule has 27 heavy (non-hydrogen) atoms. The van der Waals surface area contributed by atoms with E-state index in [-0.39, 0.29) is 29.6 Å². The van der Waals surface area contributed by atoms with E-state index in [9.17, 15) is 4.79 Å². The lowest BCUT2D eigenvalue weighted by Crippen LogP contribution is -2.49. The molecule has 0 fully saturated rings. The van der Waals surface area contributed by atoms with E-state index < -0.39 is 6.04 Å². The molecule has 0 aliphatic rings. The highest BCUT2D eigenvalue weighted by Gasteiger charge is 2.28. The number of benzene rings is 2. The number of H-pyrrole nitrogens is 1. The lowest BCUT2D eigenvalue weighted by molar-refractivity contribution is -0.124. The van der Waals surface area contributed by atoms with Crippen molar-refractivity contribution >= 4 is 29.2 Å². The summed E-state index contributed by atoms with van der Waals surface area (Å²) in [4.78, 5) is 15.9. The zero-order valence-corrected chi connectivity index (χ0v) is 16.8. The second-order valence-corrected chi connectivity index (χ2v) is 7.84. The van der Waals surface area contributed by atoms with Crippen LogP contribution in [-0.2, 0) is 4.79 Å². The zero-order valence-electron chi connectivity index (χ0n) is 16.0. The van der Waals surface area contributed by atoms with Crippen LogP contribution >= 0.6 is 12.4 Å². The highest BCUT2D eigenvalue weighted by atomic mass is 35.5. The minimum absolute atomic E-state index is 0. The van der Waals surface area contributed by atoms with E-state index >= 15 is 0 Å². The maximum atomic E-state index is 12.5. The van der Waals surface area contributed by atoms with Crippen LogP contribution in [-0.4, -0.2) is 23.5 Å². The zero-order chi connectivity index (χ0) is 18.7. The van der Waals surface area contributed by atoms with Crippen molar-refractivity contribution in [2.45, 2.75) is 32.7 Å². The number of rotatable bonds is 5. The van der Waals surface area contributed by atoms with Gasteiger partial charge in [-0.2, -0.15) is 0 Å². The Hall–Kier alpha value is -2.30. The van der Waals surface area contributed by atoms with Crippen molar-refractivity contribution in [3.05, 3.63) is 71.9 Å². The summed E-state index contributed by atoms with van der Waals surface area (Å²) < 4.78 is 0. The second kappa shape index (κ2) is 8.59. The van der Waals surface area contributed by atoms with Gasteiger partial charge in [-0.3, -0.25) is 4.79 Å². The first-order chi connectivity index (χ1) is 12.4. The molecule has 0 aliphatic heterocycles. The summed E-state index contributed by atoms with van der Waals surface area (Å²) in [7, 11) is 0. The molecular formula is C22H28ClN3O. The van der Waals surface area contributed by atoms with Crippen LogP contribution in [0, 0.1) is 5.41 Å². The number of halogens is 1. The van der Waals surface area contributed by atoms with Gasteiger partial charge >= 0.3 is 0 Å². The molecule has 144 valence electrons. The minimum Gasteiger partial charge on any atom is -0.361 e. The van der Waals surface area contributed by atoms with Crippen LogP contribution in [0.4, 0.5) is 0 Å². The van der Waals surface area contributed by atoms with Gasteiger partial charge in [-0.25, -0.2) is 0 Å². The van der Waals surface area contributed by atoms with E-state index in [0.717, 1.165) is 5.52 Å². The molecule has 1 amide bonds.